The number of aldehydes is 1. The summed E-state index contributed by atoms with van der Waals surface area (Å²) in [6.07, 6.45) is 0.859. The Morgan fingerprint density at radius 3 is 1.85 bits per heavy atom. The molecule has 0 bridgehead atoms. The van der Waals surface area contributed by atoms with Crippen LogP contribution in [0.1, 0.15) is 12.8 Å². The maximum Gasteiger partial charge on any atom is 0.314 e. The van der Waals surface area contributed by atoms with Crippen molar-refractivity contribution in [3.05, 3.63) is 29.1 Å². The first kappa shape index (κ1) is 14.4. The highest BCUT2D eigenvalue weighted by molar-refractivity contribution is 5.78. The van der Waals surface area contributed by atoms with Crippen molar-refractivity contribution in [1.82, 2.24) is 0 Å². The predicted molar refractivity (Wildman–Crippen MR) is 54.1 cm³/mol. The molecule has 1 fully saturated rings. The number of halogens is 5. The first-order chi connectivity index (χ1) is 9.36. The van der Waals surface area contributed by atoms with Gasteiger partial charge < -0.3 is 9.53 Å². The Bertz CT molecular complexity index is 552. The molecule has 1 aromatic rings. The summed E-state index contributed by atoms with van der Waals surface area (Å²) >= 11 is 0. The SMILES string of the molecule is O=CC1CC(C(=O)Oc2c(F)c(F)c(F)c(F)c2F)C1. The maximum atomic E-state index is 13.2. The van der Waals surface area contributed by atoms with E-state index in [0.29, 0.717) is 6.29 Å². The summed E-state index contributed by atoms with van der Waals surface area (Å²) in [7, 11) is 0. The number of carbonyl (C=O) groups is 2. The zero-order valence-corrected chi connectivity index (χ0v) is 9.76. The molecule has 2 rings (SSSR count). The molecule has 108 valence electrons. The lowest BCUT2D eigenvalue weighted by molar-refractivity contribution is -0.144. The molecule has 0 amide bonds. The van der Waals surface area contributed by atoms with E-state index in [1.54, 1.807) is 0 Å². The molecule has 0 radical (unpaired) electrons. The van der Waals surface area contributed by atoms with Crippen LogP contribution in [0.4, 0.5) is 22.0 Å². The molecule has 0 aromatic heterocycles. The second-order valence-electron chi connectivity index (χ2n) is 4.38. The van der Waals surface area contributed by atoms with Crippen LogP contribution in [0.3, 0.4) is 0 Å². The minimum Gasteiger partial charge on any atom is -0.420 e. The molecule has 0 aliphatic heterocycles. The second kappa shape index (κ2) is 5.18. The van der Waals surface area contributed by atoms with Crippen LogP contribution in [-0.4, -0.2) is 12.3 Å². The van der Waals surface area contributed by atoms with Crippen molar-refractivity contribution in [3.63, 3.8) is 0 Å². The zero-order chi connectivity index (χ0) is 15.0. The molecule has 3 nitrogen and oxygen atoms in total. The van der Waals surface area contributed by atoms with Gasteiger partial charge >= 0.3 is 5.97 Å². The minimum atomic E-state index is -2.33. The lowest BCUT2D eigenvalue weighted by Crippen LogP contribution is -2.34. The van der Waals surface area contributed by atoms with Crippen molar-refractivity contribution in [2.45, 2.75) is 12.8 Å². The molecule has 1 aromatic carbocycles. The topological polar surface area (TPSA) is 43.4 Å². The fourth-order valence-corrected chi connectivity index (χ4v) is 1.82. The van der Waals surface area contributed by atoms with Gasteiger partial charge in [-0.2, -0.15) is 8.78 Å². The first-order valence-corrected chi connectivity index (χ1v) is 5.55. The Morgan fingerprint density at radius 1 is 0.950 bits per heavy atom. The maximum absolute atomic E-state index is 13.2. The number of ether oxygens (including phenoxy) is 1. The Morgan fingerprint density at radius 2 is 1.40 bits per heavy atom. The van der Waals surface area contributed by atoms with Gasteiger partial charge in [-0.1, -0.05) is 0 Å². The highest BCUT2D eigenvalue weighted by Gasteiger charge is 2.37. The summed E-state index contributed by atoms with van der Waals surface area (Å²) in [5, 5.41) is 0. The van der Waals surface area contributed by atoms with Crippen LogP contribution in [0.15, 0.2) is 0 Å². The summed E-state index contributed by atoms with van der Waals surface area (Å²) in [6, 6.07) is 0. The van der Waals surface area contributed by atoms with Crippen molar-refractivity contribution in [1.29, 1.82) is 0 Å². The molecule has 0 N–H and O–H groups in total. The number of esters is 1. The second-order valence-corrected chi connectivity index (χ2v) is 4.38. The highest BCUT2D eigenvalue weighted by atomic mass is 19.2. The van der Waals surface area contributed by atoms with E-state index in [9.17, 15) is 31.5 Å². The molecular formula is C12H7F5O3. The average molecular weight is 294 g/mol. The largest absolute Gasteiger partial charge is 0.420 e. The molecular weight excluding hydrogens is 287 g/mol. The molecule has 20 heavy (non-hydrogen) atoms. The summed E-state index contributed by atoms with van der Waals surface area (Å²) in [4.78, 5) is 21.8. The predicted octanol–water partition coefficient (Wildman–Crippen LogP) is 2.51. The number of carbonyl (C=O) groups excluding carboxylic acids is 2. The minimum absolute atomic E-state index is 0.123. The number of rotatable bonds is 3. The lowest BCUT2D eigenvalue weighted by Gasteiger charge is -2.29. The molecule has 8 heteroatoms. The molecule has 0 unspecified atom stereocenters. The fraction of sp³-hybridized carbons (Fsp3) is 0.333. The summed E-state index contributed by atoms with van der Waals surface area (Å²) in [5.41, 5.74) is 0. The van der Waals surface area contributed by atoms with Crippen molar-refractivity contribution >= 4 is 12.3 Å². The van der Waals surface area contributed by atoms with E-state index in [2.05, 4.69) is 4.74 Å². The molecule has 1 saturated carbocycles. The Hall–Kier alpha value is -1.99. The van der Waals surface area contributed by atoms with E-state index >= 15 is 0 Å². The van der Waals surface area contributed by atoms with Gasteiger partial charge in [0.25, 0.3) is 0 Å². The number of benzene rings is 1. The van der Waals surface area contributed by atoms with Crippen LogP contribution in [0, 0.1) is 40.9 Å². The first-order valence-electron chi connectivity index (χ1n) is 5.55. The van der Waals surface area contributed by atoms with Gasteiger partial charge in [0.1, 0.15) is 6.29 Å². The van der Waals surface area contributed by atoms with E-state index < -0.39 is 46.7 Å². The van der Waals surface area contributed by atoms with Gasteiger partial charge in [0.15, 0.2) is 0 Å². The fourth-order valence-electron chi connectivity index (χ4n) is 1.82. The monoisotopic (exact) mass is 294 g/mol. The molecule has 0 spiro atoms. The molecule has 0 heterocycles. The number of hydrogen-bond acceptors (Lipinski definition) is 3. The summed E-state index contributed by atoms with van der Waals surface area (Å²) in [6.45, 7) is 0. The third kappa shape index (κ3) is 2.25. The lowest BCUT2D eigenvalue weighted by atomic mass is 9.76. The van der Waals surface area contributed by atoms with Gasteiger partial charge in [-0.25, -0.2) is 13.2 Å². The Balaban J connectivity index is 2.22. The standard InChI is InChI=1S/C12H7F5O3/c13-6-7(14)9(16)11(10(17)8(6)15)20-12(19)5-1-4(2-5)3-18/h3-5H,1-2H2. The van der Waals surface area contributed by atoms with Crippen LogP contribution in [0.25, 0.3) is 0 Å². The third-order valence-corrected chi connectivity index (χ3v) is 3.07. The van der Waals surface area contributed by atoms with Gasteiger partial charge in [0, 0.05) is 5.92 Å². The van der Waals surface area contributed by atoms with E-state index in [4.69, 9.17) is 0 Å². The number of hydrogen-bond donors (Lipinski definition) is 0. The third-order valence-electron chi connectivity index (χ3n) is 3.07. The normalized spacial score (nSPS) is 21.2. The average Bonchev–Trinajstić information content (AvgIpc) is 2.38. The van der Waals surface area contributed by atoms with Crippen molar-refractivity contribution in [2.75, 3.05) is 0 Å². The Labute approximate surface area is 109 Å². The van der Waals surface area contributed by atoms with Crippen LogP contribution in [-0.2, 0) is 9.59 Å². The van der Waals surface area contributed by atoms with Crippen LogP contribution in [0.2, 0.25) is 0 Å². The van der Waals surface area contributed by atoms with Gasteiger partial charge in [0.2, 0.25) is 34.8 Å². The molecule has 0 atom stereocenters. The van der Waals surface area contributed by atoms with E-state index in [-0.39, 0.29) is 18.8 Å². The van der Waals surface area contributed by atoms with E-state index in [0.717, 1.165) is 0 Å². The van der Waals surface area contributed by atoms with Crippen LogP contribution in [0.5, 0.6) is 5.75 Å². The molecule has 1 aliphatic carbocycles. The Kier molecular flexibility index (Phi) is 3.74. The quantitative estimate of drug-likeness (QED) is 0.215. The van der Waals surface area contributed by atoms with Gasteiger partial charge in [0.05, 0.1) is 5.92 Å². The van der Waals surface area contributed by atoms with Crippen molar-refractivity contribution < 1.29 is 36.3 Å². The van der Waals surface area contributed by atoms with Gasteiger partial charge in [-0.15, -0.1) is 0 Å². The summed E-state index contributed by atoms with van der Waals surface area (Å²) in [5.74, 6) is -15.0. The van der Waals surface area contributed by atoms with Crippen LogP contribution < -0.4 is 4.74 Å². The van der Waals surface area contributed by atoms with Crippen LogP contribution >= 0.6 is 0 Å². The molecule has 1 aliphatic rings. The highest BCUT2D eigenvalue weighted by Crippen LogP contribution is 2.35. The van der Waals surface area contributed by atoms with E-state index in [1.807, 2.05) is 0 Å². The van der Waals surface area contributed by atoms with Gasteiger partial charge in [-0.3, -0.25) is 4.79 Å². The van der Waals surface area contributed by atoms with Gasteiger partial charge in [-0.05, 0) is 12.8 Å². The van der Waals surface area contributed by atoms with E-state index in [1.165, 1.54) is 0 Å². The summed E-state index contributed by atoms with van der Waals surface area (Å²) < 4.78 is 69.2. The van der Waals surface area contributed by atoms with Crippen molar-refractivity contribution in [3.8, 4) is 5.75 Å². The van der Waals surface area contributed by atoms with Crippen molar-refractivity contribution in [2.24, 2.45) is 11.8 Å². The molecule has 0 saturated heterocycles. The smallest absolute Gasteiger partial charge is 0.314 e. The zero-order valence-electron chi connectivity index (χ0n) is 9.76.